The van der Waals surface area contributed by atoms with E-state index < -0.39 is 6.09 Å². The lowest BCUT2D eigenvalue weighted by Crippen LogP contribution is -2.26. The molecule has 10 heteroatoms. The van der Waals surface area contributed by atoms with Gasteiger partial charge in [-0.05, 0) is 56.1 Å². The molecule has 2 rings (SSSR count). The summed E-state index contributed by atoms with van der Waals surface area (Å²) in [5.74, 6) is 0. The molecule has 3 N–H and O–H groups in total. The van der Waals surface area contributed by atoms with Gasteiger partial charge in [-0.25, -0.2) is 14.8 Å². The fourth-order valence-electron chi connectivity index (χ4n) is 1.13. The highest BCUT2D eigenvalue weighted by Crippen LogP contribution is 2.14. The highest BCUT2D eigenvalue weighted by Gasteiger charge is 2.12. The average Bonchev–Trinajstić information content (AvgIpc) is 2.55. The van der Waals surface area contributed by atoms with Gasteiger partial charge in [0.15, 0.2) is 0 Å². The molecule has 0 aliphatic heterocycles. The molecule has 0 unspecified atom stereocenters. The lowest BCUT2D eigenvalue weighted by Gasteiger charge is -2.11. The van der Waals surface area contributed by atoms with Crippen LogP contribution in [0.5, 0.6) is 0 Å². The Morgan fingerprint density at radius 1 is 1.18 bits per heavy atom. The van der Waals surface area contributed by atoms with E-state index in [-0.39, 0.29) is 5.69 Å². The minimum Gasteiger partial charge on any atom is -0.451 e. The van der Waals surface area contributed by atoms with Gasteiger partial charge < -0.3 is 4.74 Å². The standard InChI is InChI=1S/C7H7BrN2O3.C5H5BrN2O/c1-13-7(11)10(12)5-2-3-6(8)9-4-5;6-5-2-1-4(8-9)3-7-5/h2-4,12H,1H3;1-3,8-9H. The first-order chi connectivity index (χ1) is 10.5. The predicted octanol–water partition coefficient (Wildman–Crippen LogP) is 3.45. The Hall–Kier alpha value is -1.75. The van der Waals surface area contributed by atoms with Crippen molar-refractivity contribution in [2.24, 2.45) is 0 Å². The first-order valence-electron chi connectivity index (χ1n) is 5.68. The van der Waals surface area contributed by atoms with E-state index in [1.807, 2.05) is 5.48 Å². The summed E-state index contributed by atoms with van der Waals surface area (Å²) in [5.41, 5.74) is 2.80. The van der Waals surface area contributed by atoms with Gasteiger partial charge in [0.1, 0.15) is 9.21 Å². The molecule has 0 bridgehead atoms. The van der Waals surface area contributed by atoms with Gasteiger partial charge in [0, 0.05) is 0 Å². The SMILES string of the molecule is COC(=O)N(O)c1ccc(Br)nc1.ONc1ccc(Br)nc1. The van der Waals surface area contributed by atoms with Crippen LogP contribution in [0.25, 0.3) is 0 Å². The zero-order valence-corrected chi connectivity index (χ0v) is 14.4. The van der Waals surface area contributed by atoms with Gasteiger partial charge in [0.05, 0.1) is 30.9 Å². The predicted molar refractivity (Wildman–Crippen MR) is 86.0 cm³/mol. The van der Waals surface area contributed by atoms with E-state index in [1.54, 1.807) is 18.2 Å². The monoisotopic (exact) mass is 434 g/mol. The maximum absolute atomic E-state index is 10.8. The van der Waals surface area contributed by atoms with Crippen molar-refractivity contribution in [2.45, 2.75) is 0 Å². The van der Waals surface area contributed by atoms with Gasteiger partial charge in [-0.2, -0.15) is 5.06 Å². The number of pyridine rings is 2. The van der Waals surface area contributed by atoms with Gasteiger partial charge in [-0.1, -0.05) is 0 Å². The zero-order valence-electron chi connectivity index (χ0n) is 11.3. The number of anilines is 2. The second kappa shape index (κ2) is 9.30. The number of rotatable bonds is 2. The number of hydrogen-bond acceptors (Lipinski definition) is 7. The summed E-state index contributed by atoms with van der Waals surface area (Å²) in [6.07, 6.45) is 1.99. The summed E-state index contributed by atoms with van der Waals surface area (Å²) in [5, 5.41) is 17.9. The van der Waals surface area contributed by atoms with Crippen LogP contribution in [0.1, 0.15) is 0 Å². The van der Waals surface area contributed by atoms with E-state index >= 15 is 0 Å². The van der Waals surface area contributed by atoms with E-state index in [1.165, 1.54) is 25.6 Å². The highest BCUT2D eigenvalue weighted by molar-refractivity contribution is 9.10. The molecule has 0 aliphatic rings. The molecule has 2 heterocycles. The Bertz CT molecular complexity index is 595. The molecule has 0 spiro atoms. The Labute approximate surface area is 142 Å². The molecule has 2 aromatic heterocycles. The fraction of sp³-hybridized carbons (Fsp3) is 0.0833. The number of hydroxylamine groups is 1. The highest BCUT2D eigenvalue weighted by atomic mass is 79.9. The number of carbonyl (C=O) groups excluding carboxylic acids is 1. The van der Waals surface area contributed by atoms with Crippen molar-refractivity contribution in [3.8, 4) is 0 Å². The average molecular weight is 436 g/mol. The lowest BCUT2D eigenvalue weighted by molar-refractivity contribution is 0.141. The molecule has 2 aromatic rings. The van der Waals surface area contributed by atoms with Crippen LogP contribution in [-0.4, -0.2) is 33.6 Å². The van der Waals surface area contributed by atoms with Crippen LogP contribution >= 0.6 is 31.9 Å². The van der Waals surface area contributed by atoms with Gasteiger partial charge in [0.2, 0.25) is 0 Å². The largest absolute Gasteiger partial charge is 0.451 e. The lowest BCUT2D eigenvalue weighted by atomic mass is 10.4. The second-order valence-corrected chi connectivity index (χ2v) is 5.23. The van der Waals surface area contributed by atoms with Crippen molar-refractivity contribution in [1.29, 1.82) is 0 Å². The number of halogens is 2. The van der Waals surface area contributed by atoms with Crippen molar-refractivity contribution in [3.63, 3.8) is 0 Å². The maximum Gasteiger partial charge on any atom is 0.438 e. The quantitative estimate of drug-likeness (QED) is 0.376. The topological polar surface area (TPSA) is 108 Å². The summed E-state index contributed by atoms with van der Waals surface area (Å²) in [6, 6.07) is 6.56. The molecule has 0 saturated heterocycles. The van der Waals surface area contributed by atoms with Crippen LogP contribution in [0.2, 0.25) is 0 Å². The van der Waals surface area contributed by atoms with Crippen LogP contribution in [0.3, 0.4) is 0 Å². The van der Waals surface area contributed by atoms with Crippen LogP contribution in [0.4, 0.5) is 16.2 Å². The zero-order chi connectivity index (χ0) is 16.5. The summed E-state index contributed by atoms with van der Waals surface area (Å²) < 4.78 is 5.67. The van der Waals surface area contributed by atoms with Gasteiger partial charge in [0.25, 0.3) is 0 Å². The summed E-state index contributed by atoms with van der Waals surface area (Å²) in [7, 11) is 1.18. The van der Waals surface area contributed by atoms with Crippen LogP contribution < -0.4 is 10.5 Å². The Morgan fingerprint density at radius 2 is 1.77 bits per heavy atom. The number of carbonyl (C=O) groups is 1. The van der Waals surface area contributed by atoms with Crippen LogP contribution in [0, 0.1) is 0 Å². The van der Waals surface area contributed by atoms with Crippen molar-refractivity contribution < 1.29 is 19.9 Å². The Balaban J connectivity index is 0.000000235. The Kier molecular flexibility index (Phi) is 7.74. The third kappa shape index (κ3) is 5.93. The molecule has 0 saturated carbocycles. The molecular weight excluding hydrogens is 424 g/mol. The molecule has 0 aliphatic carbocycles. The van der Waals surface area contributed by atoms with Crippen molar-refractivity contribution >= 4 is 49.3 Å². The summed E-state index contributed by atoms with van der Waals surface area (Å²) in [6.45, 7) is 0. The molecule has 0 aromatic carbocycles. The molecule has 1 amide bonds. The summed E-state index contributed by atoms with van der Waals surface area (Å²) >= 11 is 6.28. The van der Waals surface area contributed by atoms with E-state index in [0.29, 0.717) is 15.4 Å². The number of nitrogens with zero attached hydrogens (tertiary/aromatic N) is 3. The Morgan fingerprint density at radius 3 is 2.18 bits per heavy atom. The molecule has 22 heavy (non-hydrogen) atoms. The van der Waals surface area contributed by atoms with Gasteiger partial charge in [-0.3, -0.25) is 15.9 Å². The van der Waals surface area contributed by atoms with Crippen molar-refractivity contribution in [1.82, 2.24) is 9.97 Å². The first-order valence-corrected chi connectivity index (χ1v) is 7.26. The molecule has 118 valence electrons. The fourth-order valence-corrected chi connectivity index (χ4v) is 1.60. The number of amides is 1. The van der Waals surface area contributed by atoms with Crippen molar-refractivity contribution in [2.75, 3.05) is 17.7 Å². The van der Waals surface area contributed by atoms with Crippen LogP contribution in [-0.2, 0) is 4.74 Å². The minimum atomic E-state index is -0.857. The first kappa shape index (κ1) is 18.3. The molecule has 0 radical (unpaired) electrons. The smallest absolute Gasteiger partial charge is 0.438 e. The van der Waals surface area contributed by atoms with Gasteiger partial charge >= 0.3 is 6.09 Å². The number of methoxy groups -OCH3 is 1. The van der Waals surface area contributed by atoms with E-state index in [4.69, 9.17) is 5.21 Å². The maximum atomic E-state index is 10.8. The number of aromatic nitrogens is 2. The van der Waals surface area contributed by atoms with Gasteiger partial charge in [-0.15, -0.1) is 0 Å². The van der Waals surface area contributed by atoms with Crippen LogP contribution in [0.15, 0.2) is 45.9 Å². The van der Waals surface area contributed by atoms with E-state index in [0.717, 1.165) is 4.60 Å². The molecule has 8 nitrogen and oxygen atoms in total. The normalized spacial score (nSPS) is 9.32. The number of nitrogens with one attached hydrogen (secondary N) is 1. The number of ether oxygens (including phenoxy) is 1. The second-order valence-electron chi connectivity index (χ2n) is 3.60. The van der Waals surface area contributed by atoms with E-state index in [9.17, 15) is 10.0 Å². The van der Waals surface area contributed by atoms with E-state index in [2.05, 4.69) is 46.6 Å². The molecule has 0 atom stereocenters. The third-order valence-electron chi connectivity index (χ3n) is 2.16. The third-order valence-corrected chi connectivity index (χ3v) is 3.10. The summed E-state index contributed by atoms with van der Waals surface area (Å²) in [4.78, 5) is 18.5. The molecule has 0 fully saturated rings. The molecular formula is C12H12Br2N4O4. The number of hydrogen-bond donors (Lipinski definition) is 3. The minimum absolute atomic E-state index is 0.245. The van der Waals surface area contributed by atoms with Crippen molar-refractivity contribution in [3.05, 3.63) is 45.9 Å².